The molecule has 1 unspecified atom stereocenters. The molecule has 2 fully saturated rings. The lowest BCUT2D eigenvalue weighted by atomic mass is 10.0. The number of benzene rings is 1. The smallest absolute Gasteiger partial charge is 0.253 e. The van der Waals surface area contributed by atoms with Crippen LogP contribution in [0, 0.1) is 0 Å². The summed E-state index contributed by atoms with van der Waals surface area (Å²) in [6.45, 7) is -0.455. The Morgan fingerprint density at radius 2 is 1.91 bits per heavy atom. The monoisotopic (exact) mass is 339 g/mol. The average molecular weight is 339 g/mol. The first kappa shape index (κ1) is 16.1. The number of aliphatic hydroxyl groups excluding tert-OH is 3. The Bertz CT molecular complexity index is 625. The highest BCUT2D eigenvalue weighted by Gasteiger charge is 2.51. The van der Waals surface area contributed by atoms with Crippen LogP contribution in [0.4, 0.5) is 5.69 Å². The number of anilines is 1. The molecular weight excluding hydrogens is 322 g/mol. The van der Waals surface area contributed by atoms with E-state index in [0.29, 0.717) is 11.3 Å². The lowest BCUT2D eigenvalue weighted by molar-refractivity contribution is -0.126. The van der Waals surface area contributed by atoms with E-state index in [0.717, 1.165) is 0 Å². The van der Waals surface area contributed by atoms with Crippen LogP contribution in [0.5, 0.6) is 0 Å². The highest BCUT2D eigenvalue weighted by atomic mass is 32.1. The number of aliphatic hydroxyl groups is 3. The Morgan fingerprint density at radius 3 is 2.48 bits per heavy atom. The molecule has 2 heterocycles. The molecule has 23 heavy (non-hydrogen) atoms. The normalized spacial score (nSPS) is 34.0. The lowest BCUT2D eigenvalue weighted by Crippen LogP contribution is -2.46. The number of carbonyl (C=O) groups is 1. The van der Waals surface area contributed by atoms with Gasteiger partial charge < -0.3 is 36.0 Å². The molecule has 0 spiro atoms. The summed E-state index contributed by atoms with van der Waals surface area (Å²) in [7, 11) is 0. The highest BCUT2D eigenvalue weighted by Crippen LogP contribution is 2.34. The molecule has 8 nitrogen and oxygen atoms in total. The second kappa shape index (κ2) is 6.02. The minimum absolute atomic E-state index is 0.0895. The van der Waals surface area contributed by atoms with Gasteiger partial charge in [-0.2, -0.15) is 0 Å². The van der Waals surface area contributed by atoms with Gasteiger partial charge in [-0.25, -0.2) is 0 Å². The molecule has 9 heteroatoms. The first-order valence-corrected chi connectivity index (χ1v) is 7.46. The van der Waals surface area contributed by atoms with Crippen LogP contribution >= 0.6 is 12.2 Å². The van der Waals surface area contributed by atoms with Crippen molar-refractivity contribution in [2.45, 2.75) is 30.6 Å². The number of amides is 1. The van der Waals surface area contributed by atoms with Crippen LogP contribution in [-0.4, -0.2) is 62.4 Å². The number of rotatable bonds is 3. The van der Waals surface area contributed by atoms with Crippen molar-refractivity contribution in [3.8, 4) is 0 Å². The van der Waals surface area contributed by atoms with Gasteiger partial charge in [0.25, 0.3) is 5.91 Å². The number of nitrogens with two attached hydrogens (primary N) is 1. The van der Waals surface area contributed by atoms with Crippen LogP contribution in [0.3, 0.4) is 0 Å². The fourth-order valence-electron chi connectivity index (χ4n) is 2.84. The van der Waals surface area contributed by atoms with Gasteiger partial charge in [-0.3, -0.25) is 4.79 Å². The minimum atomic E-state index is -1.31. The van der Waals surface area contributed by atoms with E-state index in [1.54, 1.807) is 24.3 Å². The third kappa shape index (κ3) is 2.66. The Hall–Kier alpha value is -1.78. The molecular formula is C14H17N3O5S. The number of thiocarbonyl (C=S) groups is 1. The fraction of sp³-hybridized carbons (Fsp3) is 0.429. The maximum Gasteiger partial charge on any atom is 0.253 e. The molecule has 1 aromatic carbocycles. The standard InChI is InChI=1S/C14H17N3O5S/c15-7-3-1-6(2-4-7)9-12(21)16-14(23)17(9)13-11(20)10(19)8(5-18)22-13/h1-4,8-11,13,18-20H,5,15H2,(H,16,21,23)/t8-,9?,10-,11-,13-/m1/s1. The molecule has 3 rings (SSSR count). The van der Waals surface area contributed by atoms with Crippen molar-refractivity contribution in [1.29, 1.82) is 0 Å². The van der Waals surface area contributed by atoms with Crippen molar-refractivity contribution in [3.05, 3.63) is 29.8 Å². The molecule has 124 valence electrons. The number of carbonyl (C=O) groups excluding carboxylic acids is 1. The zero-order valence-corrected chi connectivity index (χ0v) is 12.8. The Balaban J connectivity index is 1.94. The van der Waals surface area contributed by atoms with Crippen molar-refractivity contribution in [3.63, 3.8) is 0 Å². The van der Waals surface area contributed by atoms with Crippen LogP contribution in [0.15, 0.2) is 24.3 Å². The maximum atomic E-state index is 12.3. The quantitative estimate of drug-likeness (QED) is 0.331. The first-order valence-electron chi connectivity index (χ1n) is 7.05. The summed E-state index contributed by atoms with van der Waals surface area (Å²) in [5.74, 6) is -0.363. The van der Waals surface area contributed by atoms with Gasteiger partial charge in [0.05, 0.1) is 6.61 Å². The SMILES string of the molecule is Nc1ccc(C2C(=O)NC(=S)N2[C@@H]2O[C@H](CO)[C@@H](O)[C@H]2O)cc1. The van der Waals surface area contributed by atoms with Crippen molar-refractivity contribution < 1.29 is 24.9 Å². The molecule has 0 radical (unpaired) electrons. The Labute approximate surface area is 137 Å². The minimum Gasteiger partial charge on any atom is -0.399 e. The van der Waals surface area contributed by atoms with E-state index in [4.69, 9.17) is 22.7 Å². The highest BCUT2D eigenvalue weighted by molar-refractivity contribution is 7.80. The summed E-state index contributed by atoms with van der Waals surface area (Å²) in [5.41, 5.74) is 6.82. The van der Waals surface area contributed by atoms with Gasteiger partial charge in [0.1, 0.15) is 24.4 Å². The van der Waals surface area contributed by atoms with Gasteiger partial charge in [0.2, 0.25) is 0 Å². The maximum absolute atomic E-state index is 12.3. The summed E-state index contributed by atoms with van der Waals surface area (Å²) in [5, 5.41) is 31.9. The van der Waals surface area contributed by atoms with Crippen LogP contribution in [0.1, 0.15) is 11.6 Å². The lowest BCUT2D eigenvalue weighted by Gasteiger charge is -2.31. The molecule has 2 aliphatic rings. The third-order valence-electron chi connectivity index (χ3n) is 4.03. The Kier molecular flexibility index (Phi) is 4.21. The van der Waals surface area contributed by atoms with Crippen LogP contribution in [0.25, 0.3) is 0 Å². The van der Waals surface area contributed by atoms with Crippen LogP contribution < -0.4 is 11.1 Å². The first-order chi connectivity index (χ1) is 10.9. The number of hydrogen-bond acceptors (Lipinski definition) is 7. The number of nitrogens with zero attached hydrogens (tertiary/aromatic N) is 1. The van der Waals surface area contributed by atoms with Crippen molar-refractivity contribution >= 4 is 28.9 Å². The average Bonchev–Trinajstić information content (AvgIpc) is 2.97. The van der Waals surface area contributed by atoms with Crippen molar-refractivity contribution in [2.24, 2.45) is 0 Å². The summed E-state index contributed by atoms with van der Waals surface area (Å²) in [6, 6.07) is 5.86. The molecule has 2 aliphatic heterocycles. The van der Waals surface area contributed by atoms with E-state index in [1.165, 1.54) is 4.90 Å². The summed E-state index contributed by atoms with van der Waals surface area (Å²) in [6.07, 6.45) is -4.57. The topological polar surface area (TPSA) is 128 Å². The Morgan fingerprint density at radius 1 is 1.26 bits per heavy atom. The second-order valence-corrected chi connectivity index (χ2v) is 5.89. The molecule has 5 atom stereocenters. The van der Waals surface area contributed by atoms with Gasteiger partial charge in [-0.15, -0.1) is 0 Å². The van der Waals surface area contributed by atoms with Crippen LogP contribution in [-0.2, 0) is 9.53 Å². The van der Waals surface area contributed by atoms with Gasteiger partial charge >= 0.3 is 0 Å². The number of hydrogen-bond donors (Lipinski definition) is 5. The fourth-order valence-corrected chi connectivity index (χ4v) is 3.15. The predicted octanol–water partition coefficient (Wildman–Crippen LogP) is -1.53. The molecule has 0 aromatic heterocycles. The van der Waals surface area contributed by atoms with Gasteiger partial charge in [-0.1, -0.05) is 12.1 Å². The van der Waals surface area contributed by atoms with Gasteiger partial charge in [0, 0.05) is 5.69 Å². The van der Waals surface area contributed by atoms with E-state index >= 15 is 0 Å². The van der Waals surface area contributed by atoms with E-state index in [-0.39, 0.29) is 11.0 Å². The molecule has 1 aromatic rings. The zero-order chi connectivity index (χ0) is 16.7. The van der Waals surface area contributed by atoms with Gasteiger partial charge in [0.15, 0.2) is 11.3 Å². The zero-order valence-electron chi connectivity index (χ0n) is 12.0. The summed E-state index contributed by atoms with van der Waals surface area (Å²) >= 11 is 5.16. The van der Waals surface area contributed by atoms with E-state index < -0.39 is 37.2 Å². The molecule has 1 amide bonds. The van der Waals surface area contributed by atoms with Gasteiger partial charge in [-0.05, 0) is 29.9 Å². The number of nitrogen functional groups attached to an aromatic ring is 1. The molecule has 0 aliphatic carbocycles. The molecule has 0 saturated carbocycles. The third-order valence-corrected chi connectivity index (χ3v) is 4.35. The largest absolute Gasteiger partial charge is 0.399 e. The molecule has 0 bridgehead atoms. The number of nitrogens with one attached hydrogen (secondary N) is 1. The predicted molar refractivity (Wildman–Crippen MR) is 83.9 cm³/mol. The second-order valence-electron chi connectivity index (χ2n) is 5.50. The van der Waals surface area contributed by atoms with E-state index in [2.05, 4.69) is 5.32 Å². The van der Waals surface area contributed by atoms with E-state index in [9.17, 15) is 20.1 Å². The van der Waals surface area contributed by atoms with Crippen molar-refractivity contribution in [1.82, 2.24) is 10.2 Å². The summed E-state index contributed by atoms with van der Waals surface area (Å²) < 4.78 is 5.48. The molecule has 6 N–H and O–H groups in total. The van der Waals surface area contributed by atoms with Crippen molar-refractivity contribution in [2.75, 3.05) is 12.3 Å². The van der Waals surface area contributed by atoms with E-state index in [1.807, 2.05) is 0 Å². The summed E-state index contributed by atoms with van der Waals surface area (Å²) in [4.78, 5) is 13.7. The number of ether oxygens (including phenoxy) is 1. The molecule has 2 saturated heterocycles. The van der Waals surface area contributed by atoms with Crippen LogP contribution in [0.2, 0.25) is 0 Å².